The number of benzene rings is 1. The van der Waals surface area contributed by atoms with Crippen molar-refractivity contribution in [3.8, 4) is 5.75 Å². The molecule has 1 aromatic carbocycles. The third kappa shape index (κ3) is 7.44. The largest absolute Gasteiger partial charge is 0.494 e. The van der Waals surface area contributed by atoms with Gasteiger partial charge in [0.25, 0.3) is 5.91 Å². The van der Waals surface area contributed by atoms with E-state index in [1.54, 1.807) is 7.11 Å². The normalized spacial score (nSPS) is 17.1. The van der Waals surface area contributed by atoms with Crippen molar-refractivity contribution in [3.63, 3.8) is 0 Å². The molecule has 28 heavy (non-hydrogen) atoms. The number of piperidine rings is 1. The molecule has 5 nitrogen and oxygen atoms in total. The van der Waals surface area contributed by atoms with Crippen molar-refractivity contribution in [3.05, 3.63) is 24.3 Å². The van der Waals surface area contributed by atoms with Crippen molar-refractivity contribution in [1.29, 1.82) is 0 Å². The van der Waals surface area contributed by atoms with Crippen LogP contribution in [0.4, 0.5) is 5.69 Å². The zero-order valence-electron chi connectivity index (χ0n) is 18.0. The predicted molar refractivity (Wildman–Crippen MR) is 115 cm³/mol. The minimum absolute atomic E-state index is 0.0960. The highest BCUT2D eigenvalue weighted by molar-refractivity contribution is 5.97. The maximum Gasteiger partial charge on any atom is 0.256 e. The van der Waals surface area contributed by atoms with Gasteiger partial charge in [-0.05, 0) is 70.0 Å². The van der Waals surface area contributed by atoms with Gasteiger partial charge < -0.3 is 19.7 Å². The Labute approximate surface area is 170 Å². The van der Waals surface area contributed by atoms with E-state index in [9.17, 15) is 4.79 Å². The van der Waals surface area contributed by atoms with Crippen LogP contribution in [-0.4, -0.2) is 49.8 Å². The molecule has 1 amide bonds. The van der Waals surface area contributed by atoms with Crippen molar-refractivity contribution in [1.82, 2.24) is 4.90 Å². The van der Waals surface area contributed by atoms with Gasteiger partial charge in [0.05, 0.1) is 6.61 Å². The number of carbonyl (C=O) groups excluding carboxylic acids is 1. The first kappa shape index (κ1) is 22.7. The molecule has 0 spiro atoms. The lowest BCUT2D eigenvalue weighted by molar-refractivity contribution is -0.136. The molecule has 1 fully saturated rings. The van der Waals surface area contributed by atoms with Crippen LogP contribution in [0.2, 0.25) is 0 Å². The summed E-state index contributed by atoms with van der Waals surface area (Å²) >= 11 is 0. The van der Waals surface area contributed by atoms with E-state index in [0.29, 0.717) is 0 Å². The quantitative estimate of drug-likeness (QED) is 0.518. The van der Waals surface area contributed by atoms with E-state index < -0.39 is 5.60 Å². The summed E-state index contributed by atoms with van der Waals surface area (Å²) in [5, 5.41) is 2.97. The van der Waals surface area contributed by atoms with Crippen LogP contribution < -0.4 is 10.1 Å². The number of ether oxygens (including phenoxy) is 2. The first-order valence-corrected chi connectivity index (χ1v) is 10.9. The van der Waals surface area contributed by atoms with Gasteiger partial charge >= 0.3 is 0 Å². The molecule has 1 aliphatic heterocycles. The lowest BCUT2D eigenvalue weighted by Crippen LogP contribution is -2.41. The van der Waals surface area contributed by atoms with Crippen LogP contribution in [-0.2, 0) is 9.53 Å². The Bertz CT molecular complexity index is 570. The summed E-state index contributed by atoms with van der Waals surface area (Å²) in [5.41, 5.74) is -0.0249. The second-order valence-electron chi connectivity index (χ2n) is 7.97. The molecule has 1 N–H and O–H groups in total. The van der Waals surface area contributed by atoms with Gasteiger partial charge in [-0.2, -0.15) is 0 Å². The SMILES string of the molecule is CCCCC[C@@](C)(OC)C(=O)Nc1ccc(OCCCN2CCCCC2)cc1. The van der Waals surface area contributed by atoms with Gasteiger partial charge in [-0.1, -0.05) is 32.6 Å². The molecule has 2 rings (SSSR count). The number of likely N-dealkylation sites (tertiary alicyclic amines) is 1. The molecule has 0 aliphatic carbocycles. The van der Waals surface area contributed by atoms with Crippen LogP contribution >= 0.6 is 0 Å². The zero-order chi connectivity index (χ0) is 20.2. The van der Waals surface area contributed by atoms with E-state index in [-0.39, 0.29) is 5.91 Å². The van der Waals surface area contributed by atoms with Gasteiger partial charge in [0.2, 0.25) is 0 Å². The van der Waals surface area contributed by atoms with E-state index in [4.69, 9.17) is 9.47 Å². The predicted octanol–water partition coefficient (Wildman–Crippen LogP) is 4.87. The fourth-order valence-corrected chi connectivity index (χ4v) is 3.58. The lowest BCUT2D eigenvalue weighted by atomic mass is 9.97. The van der Waals surface area contributed by atoms with Crippen LogP contribution in [0.15, 0.2) is 24.3 Å². The summed E-state index contributed by atoms with van der Waals surface area (Å²) < 4.78 is 11.4. The molecular weight excluding hydrogens is 352 g/mol. The Morgan fingerprint density at radius 2 is 1.82 bits per heavy atom. The van der Waals surface area contributed by atoms with Crippen molar-refractivity contribution < 1.29 is 14.3 Å². The monoisotopic (exact) mass is 390 g/mol. The van der Waals surface area contributed by atoms with E-state index >= 15 is 0 Å². The molecule has 5 heteroatoms. The van der Waals surface area contributed by atoms with Gasteiger partial charge in [0, 0.05) is 19.3 Å². The highest BCUT2D eigenvalue weighted by atomic mass is 16.5. The molecule has 158 valence electrons. The molecule has 1 aliphatic rings. The average Bonchev–Trinajstić information content (AvgIpc) is 2.73. The Morgan fingerprint density at radius 1 is 1.11 bits per heavy atom. The molecular formula is C23H38N2O3. The molecule has 1 aromatic rings. The third-order valence-electron chi connectivity index (χ3n) is 5.64. The molecule has 0 unspecified atom stereocenters. The molecule has 0 bridgehead atoms. The molecule has 0 saturated carbocycles. The van der Waals surface area contributed by atoms with Crippen LogP contribution in [0.25, 0.3) is 0 Å². The third-order valence-corrected chi connectivity index (χ3v) is 5.64. The highest BCUT2D eigenvalue weighted by Gasteiger charge is 2.32. The van der Waals surface area contributed by atoms with E-state index in [0.717, 1.165) is 56.7 Å². The fraction of sp³-hybridized carbons (Fsp3) is 0.696. The van der Waals surface area contributed by atoms with Gasteiger partial charge in [0.1, 0.15) is 11.4 Å². The Balaban J connectivity index is 1.74. The average molecular weight is 391 g/mol. The van der Waals surface area contributed by atoms with Gasteiger partial charge in [0.15, 0.2) is 0 Å². The molecule has 1 atom stereocenters. The number of hydrogen-bond donors (Lipinski definition) is 1. The van der Waals surface area contributed by atoms with Crippen molar-refractivity contribution in [2.45, 2.75) is 70.8 Å². The van der Waals surface area contributed by atoms with Gasteiger partial charge in [-0.25, -0.2) is 0 Å². The number of anilines is 1. The summed E-state index contributed by atoms with van der Waals surface area (Å²) in [7, 11) is 1.60. The lowest BCUT2D eigenvalue weighted by Gasteiger charge is -2.27. The Morgan fingerprint density at radius 3 is 2.46 bits per heavy atom. The number of amides is 1. The topological polar surface area (TPSA) is 50.8 Å². The number of nitrogens with zero attached hydrogens (tertiary/aromatic N) is 1. The number of nitrogens with one attached hydrogen (secondary N) is 1. The molecule has 0 aromatic heterocycles. The summed E-state index contributed by atoms with van der Waals surface area (Å²) in [5.74, 6) is 0.746. The van der Waals surface area contributed by atoms with E-state index in [1.165, 1.54) is 32.4 Å². The molecule has 1 heterocycles. The zero-order valence-corrected chi connectivity index (χ0v) is 18.0. The summed E-state index contributed by atoms with van der Waals surface area (Å²) in [6, 6.07) is 7.61. The smallest absolute Gasteiger partial charge is 0.256 e. The second-order valence-corrected chi connectivity index (χ2v) is 7.97. The number of carbonyl (C=O) groups is 1. The van der Waals surface area contributed by atoms with Crippen LogP contribution in [0, 0.1) is 0 Å². The van der Waals surface area contributed by atoms with Crippen molar-refractivity contribution >= 4 is 11.6 Å². The standard InChI is InChI=1S/C23H38N2O3/c1-4-5-7-15-23(2,27-3)22(26)24-20-11-13-21(14-12-20)28-19-10-18-25-16-8-6-9-17-25/h11-14H,4-10,15-19H2,1-3H3,(H,24,26)/t23-/m1/s1. The maximum absolute atomic E-state index is 12.6. The number of hydrogen-bond acceptors (Lipinski definition) is 4. The summed E-state index contributed by atoms with van der Waals surface area (Å²) in [6.45, 7) is 8.31. The summed E-state index contributed by atoms with van der Waals surface area (Å²) in [4.78, 5) is 15.2. The fourth-order valence-electron chi connectivity index (χ4n) is 3.58. The first-order chi connectivity index (χ1) is 13.6. The number of unbranched alkanes of at least 4 members (excludes halogenated alkanes) is 2. The Hall–Kier alpha value is -1.59. The van der Waals surface area contributed by atoms with Crippen LogP contribution in [0.3, 0.4) is 0 Å². The maximum atomic E-state index is 12.6. The van der Waals surface area contributed by atoms with Crippen LogP contribution in [0.5, 0.6) is 5.75 Å². The molecule has 0 radical (unpaired) electrons. The van der Waals surface area contributed by atoms with Crippen LogP contribution in [0.1, 0.15) is 65.2 Å². The van der Waals surface area contributed by atoms with E-state index in [1.807, 2.05) is 31.2 Å². The Kier molecular flexibility index (Phi) is 9.79. The first-order valence-electron chi connectivity index (χ1n) is 10.9. The molecule has 1 saturated heterocycles. The van der Waals surface area contributed by atoms with Crippen molar-refractivity contribution in [2.75, 3.05) is 38.7 Å². The van der Waals surface area contributed by atoms with Gasteiger partial charge in [-0.3, -0.25) is 4.79 Å². The minimum atomic E-state index is -0.793. The number of methoxy groups -OCH3 is 1. The van der Waals surface area contributed by atoms with Crippen molar-refractivity contribution in [2.24, 2.45) is 0 Å². The van der Waals surface area contributed by atoms with E-state index in [2.05, 4.69) is 17.1 Å². The van der Waals surface area contributed by atoms with Gasteiger partial charge in [-0.15, -0.1) is 0 Å². The second kappa shape index (κ2) is 12.1. The number of rotatable bonds is 12. The minimum Gasteiger partial charge on any atom is -0.494 e. The highest BCUT2D eigenvalue weighted by Crippen LogP contribution is 2.22. The summed E-state index contributed by atoms with van der Waals surface area (Å²) in [6.07, 6.45) is 9.01.